The molecule has 17 heteroatoms. The van der Waals surface area contributed by atoms with E-state index in [0.29, 0.717) is 23.1 Å². The first-order valence-electron chi connectivity index (χ1n) is 10.5. The van der Waals surface area contributed by atoms with Gasteiger partial charge in [0.25, 0.3) is 23.6 Å². The van der Waals surface area contributed by atoms with Crippen molar-refractivity contribution in [1.29, 1.82) is 0 Å². The minimum atomic E-state index is -1.08. The summed E-state index contributed by atoms with van der Waals surface area (Å²) in [6.07, 6.45) is 0. The molecule has 0 bridgehead atoms. The Morgan fingerprint density at radius 1 is 0.892 bits per heavy atom. The highest BCUT2D eigenvalue weighted by molar-refractivity contribution is 6.92. The second kappa shape index (κ2) is 11.6. The fourth-order valence-electron chi connectivity index (χ4n) is 3.37. The first-order chi connectivity index (χ1) is 17.3. The average Bonchev–Trinajstić information content (AvgIpc) is 3.43. The molecule has 4 radical (unpaired) electrons. The molecular formula is C20H19B2N8O6P. The third kappa shape index (κ3) is 6.09. The second-order valence-corrected chi connectivity index (χ2v) is 7.29. The molecule has 0 aliphatic heterocycles. The number of aromatic nitrogens is 6. The van der Waals surface area contributed by atoms with E-state index in [2.05, 4.69) is 25.9 Å². The molecule has 1 N–H and O–H groups in total. The third-order valence-corrected chi connectivity index (χ3v) is 5.03. The summed E-state index contributed by atoms with van der Waals surface area (Å²) in [6.45, 7) is 2.52. The van der Waals surface area contributed by atoms with Crippen molar-refractivity contribution in [3.05, 3.63) is 47.5 Å². The molecule has 0 fully saturated rings. The van der Waals surface area contributed by atoms with Crippen LogP contribution in [0.3, 0.4) is 0 Å². The molecule has 2 aromatic heterocycles. The van der Waals surface area contributed by atoms with Gasteiger partial charge in [-0.15, -0.1) is 10.2 Å². The summed E-state index contributed by atoms with van der Waals surface area (Å²) in [7, 11) is 10.0. The zero-order valence-electron chi connectivity index (χ0n) is 19.5. The zero-order valence-corrected chi connectivity index (χ0v) is 20.9. The van der Waals surface area contributed by atoms with Crippen LogP contribution < -0.4 is 15.0 Å². The van der Waals surface area contributed by atoms with Gasteiger partial charge in [-0.1, -0.05) is 9.69 Å². The molecule has 0 saturated heterocycles. The summed E-state index contributed by atoms with van der Waals surface area (Å²) in [5.41, 5.74) is 1.91. The van der Waals surface area contributed by atoms with Crippen LogP contribution in [0.15, 0.2) is 36.4 Å². The number of nitrogens with zero attached hydrogens (tertiary/aromatic N) is 7. The zero-order chi connectivity index (χ0) is 25.8. The Kier molecular flexibility index (Phi) is 8.56. The molecule has 2 amide bonds. The van der Waals surface area contributed by atoms with Gasteiger partial charge in [0.05, 0.1) is 0 Å². The number of rotatable bonds is 8. The quantitative estimate of drug-likeness (QED) is 0.183. The summed E-state index contributed by atoms with van der Waals surface area (Å²) in [6, 6.07) is 9.11. The minimum absolute atomic E-state index is 0. The second-order valence-electron chi connectivity index (χ2n) is 7.29. The van der Waals surface area contributed by atoms with Gasteiger partial charge in [0.1, 0.15) is 22.1 Å². The molecule has 14 nitrogen and oxygen atoms in total. The van der Waals surface area contributed by atoms with E-state index in [1.807, 2.05) is 0 Å². The van der Waals surface area contributed by atoms with E-state index in [1.54, 1.807) is 19.1 Å². The number of benzene rings is 2. The lowest BCUT2D eigenvalue weighted by molar-refractivity contribution is 0.0757. The molecule has 0 aliphatic carbocycles. The molecule has 4 aromatic rings. The molecule has 37 heavy (non-hydrogen) atoms. The van der Waals surface area contributed by atoms with Crippen LogP contribution >= 0.6 is 9.90 Å². The number of carbonyl (C=O) groups excluding carboxylic acids is 4. The van der Waals surface area contributed by atoms with E-state index in [-0.39, 0.29) is 45.5 Å². The molecule has 0 aliphatic rings. The maximum absolute atomic E-state index is 13.0. The fourth-order valence-corrected chi connectivity index (χ4v) is 3.37. The molecule has 2 aromatic carbocycles. The smallest absolute Gasteiger partial charge is 0.268 e. The molecule has 1 unspecified atom stereocenters. The molecule has 1 atom stereocenters. The van der Waals surface area contributed by atoms with E-state index in [9.17, 15) is 19.2 Å². The molecule has 186 valence electrons. The van der Waals surface area contributed by atoms with Gasteiger partial charge in [0.15, 0.2) is 0 Å². The maximum atomic E-state index is 13.0. The van der Waals surface area contributed by atoms with Crippen LogP contribution in [-0.4, -0.2) is 94.1 Å². The van der Waals surface area contributed by atoms with Crippen LogP contribution in [0.2, 0.25) is 0 Å². The van der Waals surface area contributed by atoms with Crippen LogP contribution in [0.5, 0.6) is 0 Å². The van der Waals surface area contributed by atoms with Crippen LogP contribution in [0.1, 0.15) is 27.6 Å². The van der Waals surface area contributed by atoms with Gasteiger partial charge in [0, 0.05) is 30.8 Å². The maximum Gasteiger partial charge on any atom is 0.268 e. The van der Waals surface area contributed by atoms with Gasteiger partial charge < -0.3 is 19.9 Å². The van der Waals surface area contributed by atoms with Crippen molar-refractivity contribution >= 4 is 71.2 Å². The number of hydrogen-bond acceptors (Lipinski definition) is 10. The molecule has 4 rings (SSSR count). The standard InChI is InChI=1S/C20H16B2N8O6.H3P/c1-2-28(18(32)12-4-6-14-16(10-12)30(27-25-14)36-20(22)34)8-7-23-17(31)11-3-5-13-15(9-11)29(26-24-13)35-19(21)33;/h3-6,9-10H,2,7-8H2,1H3,(H,23,31);1H3. The van der Waals surface area contributed by atoms with Gasteiger partial charge in [-0.05, 0) is 53.7 Å². The normalized spacial score (nSPS) is 10.5. The van der Waals surface area contributed by atoms with Crippen molar-refractivity contribution in [3.63, 3.8) is 0 Å². The molecule has 0 saturated carbocycles. The van der Waals surface area contributed by atoms with Crippen molar-refractivity contribution in [1.82, 2.24) is 40.5 Å². The van der Waals surface area contributed by atoms with Crippen LogP contribution in [-0.2, 0) is 0 Å². The van der Waals surface area contributed by atoms with E-state index >= 15 is 0 Å². The molecular weight excluding hydrogens is 501 g/mol. The van der Waals surface area contributed by atoms with Crippen LogP contribution in [0.4, 0.5) is 9.59 Å². The Morgan fingerprint density at radius 3 is 1.92 bits per heavy atom. The summed E-state index contributed by atoms with van der Waals surface area (Å²) < 4.78 is 0. The van der Waals surface area contributed by atoms with Crippen LogP contribution in [0, 0.1) is 0 Å². The van der Waals surface area contributed by atoms with Crippen molar-refractivity contribution in [2.24, 2.45) is 0 Å². The number of hydrogen-bond donors (Lipinski definition) is 1. The number of fused-ring (bicyclic) bond motifs is 2. The first-order valence-corrected chi connectivity index (χ1v) is 10.5. The SMILES string of the molecule is P.[B]C(=O)On1nnc2ccc(C(=O)NCCN(CC)C(=O)c3ccc4nnn(OC([B])=O)c4c3)cc21. The summed E-state index contributed by atoms with van der Waals surface area (Å²) in [5, 5.41) is 17.7. The summed E-state index contributed by atoms with van der Waals surface area (Å²) in [5.74, 6) is -2.90. The van der Waals surface area contributed by atoms with Gasteiger partial charge >= 0.3 is 0 Å². The van der Waals surface area contributed by atoms with Crippen LogP contribution in [0.25, 0.3) is 22.1 Å². The Bertz CT molecular complexity index is 1490. The lowest BCUT2D eigenvalue weighted by Crippen LogP contribution is -2.38. The van der Waals surface area contributed by atoms with Gasteiger partial charge in [0.2, 0.25) is 15.7 Å². The topological polar surface area (TPSA) is 163 Å². The predicted octanol–water partition coefficient (Wildman–Crippen LogP) is -0.440. The minimum Gasteiger partial charge on any atom is -0.350 e. The van der Waals surface area contributed by atoms with Crippen molar-refractivity contribution in [2.45, 2.75) is 6.92 Å². The fraction of sp³-hybridized carbons (Fsp3) is 0.200. The van der Waals surface area contributed by atoms with Crippen molar-refractivity contribution in [2.75, 3.05) is 19.6 Å². The average molecular weight is 520 g/mol. The highest BCUT2D eigenvalue weighted by atomic mass is 31.0. The van der Waals surface area contributed by atoms with Gasteiger partial charge in [-0.25, -0.2) is 0 Å². The Balaban J connectivity index is 0.00000380. The van der Waals surface area contributed by atoms with E-state index in [1.165, 1.54) is 29.2 Å². The number of nitrogens with one attached hydrogen (secondary N) is 1. The third-order valence-electron chi connectivity index (χ3n) is 5.03. The number of likely N-dealkylation sites (N-methyl/N-ethyl adjacent to an activating group) is 1. The Labute approximate surface area is 215 Å². The van der Waals surface area contributed by atoms with Gasteiger partial charge in [-0.3, -0.25) is 19.2 Å². The van der Waals surface area contributed by atoms with E-state index < -0.39 is 17.6 Å². The highest BCUT2D eigenvalue weighted by Crippen LogP contribution is 2.15. The lowest BCUT2D eigenvalue weighted by Gasteiger charge is -2.21. The largest absolute Gasteiger partial charge is 0.350 e. The summed E-state index contributed by atoms with van der Waals surface area (Å²) in [4.78, 5) is 60.3. The molecule has 2 heterocycles. The van der Waals surface area contributed by atoms with E-state index in [4.69, 9.17) is 25.4 Å². The number of carbonyl (C=O) groups is 4. The highest BCUT2D eigenvalue weighted by Gasteiger charge is 2.18. The number of amides is 2. The first kappa shape index (κ1) is 27.3. The lowest BCUT2D eigenvalue weighted by atomic mass is 10.1. The Hall–Kier alpha value is -4.32. The predicted molar refractivity (Wildman–Crippen MR) is 136 cm³/mol. The monoisotopic (exact) mass is 520 g/mol. The van der Waals surface area contributed by atoms with Gasteiger partial charge in [-0.2, -0.15) is 9.90 Å². The summed E-state index contributed by atoms with van der Waals surface area (Å²) >= 11 is 0. The van der Waals surface area contributed by atoms with Crippen molar-refractivity contribution in [3.8, 4) is 0 Å². The molecule has 0 spiro atoms. The van der Waals surface area contributed by atoms with Crippen molar-refractivity contribution < 1.29 is 28.9 Å². The van der Waals surface area contributed by atoms with E-state index in [0.717, 1.165) is 9.69 Å². The Morgan fingerprint density at radius 2 is 1.41 bits per heavy atom.